The molecule has 0 aliphatic rings. The maximum absolute atomic E-state index is 12.2. The fourth-order valence-electron chi connectivity index (χ4n) is 2.81. The van der Waals surface area contributed by atoms with Crippen molar-refractivity contribution in [1.82, 2.24) is 0 Å². The van der Waals surface area contributed by atoms with Crippen LogP contribution in [0.25, 0.3) is 11.6 Å². The van der Waals surface area contributed by atoms with E-state index in [1.165, 1.54) is 0 Å². The summed E-state index contributed by atoms with van der Waals surface area (Å²) in [6.07, 6.45) is 1.76. The highest BCUT2D eigenvalue weighted by Crippen LogP contribution is 2.28. The van der Waals surface area contributed by atoms with E-state index in [4.69, 9.17) is 27.9 Å². The van der Waals surface area contributed by atoms with Gasteiger partial charge in [-0.3, -0.25) is 4.79 Å². The van der Waals surface area contributed by atoms with E-state index in [9.17, 15) is 10.1 Å². The van der Waals surface area contributed by atoms with E-state index in [0.717, 1.165) is 22.3 Å². The number of anilines is 1. The maximum Gasteiger partial charge on any atom is 0.262 e. The Morgan fingerprint density at radius 3 is 2.42 bits per heavy atom. The van der Waals surface area contributed by atoms with Crippen LogP contribution in [-0.4, -0.2) is 12.5 Å². The molecule has 0 spiro atoms. The van der Waals surface area contributed by atoms with E-state index in [2.05, 4.69) is 11.4 Å². The number of carbonyl (C=O) groups is 1. The first-order valence-corrected chi connectivity index (χ1v) is 10.3. The SMILES string of the molecule is Cc1ccc(/C(C#N)=C/c2ccc(OCC(=O)Nc3ccc(C)c(Cl)c3)c(Cl)c2)cc1. The fraction of sp³-hybridized carbons (Fsp3) is 0.120. The van der Waals surface area contributed by atoms with Crippen LogP contribution in [0.5, 0.6) is 5.75 Å². The Labute approximate surface area is 191 Å². The number of allylic oxidation sites excluding steroid dienone is 1. The highest BCUT2D eigenvalue weighted by Gasteiger charge is 2.09. The minimum absolute atomic E-state index is 0.201. The molecule has 0 aliphatic carbocycles. The molecule has 0 radical (unpaired) electrons. The largest absolute Gasteiger partial charge is 0.482 e. The third kappa shape index (κ3) is 6.11. The van der Waals surface area contributed by atoms with E-state index in [0.29, 0.717) is 27.1 Å². The van der Waals surface area contributed by atoms with Gasteiger partial charge in [-0.15, -0.1) is 0 Å². The van der Waals surface area contributed by atoms with Crippen molar-refractivity contribution in [1.29, 1.82) is 5.26 Å². The number of hydrogen-bond donors (Lipinski definition) is 1. The molecule has 31 heavy (non-hydrogen) atoms. The molecule has 3 rings (SSSR count). The summed E-state index contributed by atoms with van der Waals surface area (Å²) >= 11 is 12.4. The van der Waals surface area contributed by atoms with Crippen LogP contribution in [0.1, 0.15) is 22.3 Å². The van der Waals surface area contributed by atoms with Gasteiger partial charge in [-0.25, -0.2) is 0 Å². The maximum atomic E-state index is 12.2. The van der Waals surface area contributed by atoms with Gasteiger partial charge < -0.3 is 10.1 Å². The van der Waals surface area contributed by atoms with E-state index in [1.807, 2.05) is 44.2 Å². The number of carbonyl (C=O) groups excluding carboxylic acids is 1. The number of nitrogens with zero attached hydrogens (tertiary/aromatic N) is 1. The molecule has 0 saturated heterocycles. The van der Waals surface area contributed by atoms with E-state index in [1.54, 1.807) is 36.4 Å². The van der Waals surface area contributed by atoms with E-state index in [-0.39, 0.29) is 12.5 Å². The third-order valence-corrected chi connectivity index (χ3v) is 5.27. The van der Waals surface area contributed by atoms with Crippen LogP contribution < -0.4 is 10.1 Å². The molecule has 0 atom stereocenters. The fourth-order valence-corrected chi connectivity index (χ4v) is 3.24. The Morgan fingerprint density at radius 1 is 1.03 bits per heavy atom. The first kappa shape index (κ1) is 22.4. The number of nitrogens with one attached hydrogen (secondary N) is 1. The number of amides is 1. The molecule has 3 aromatic rings. The Balaban J connectivity index is 1.66. The molecule has 1 N–H and O–H groups in total. The second-order valence-corrected chi connectivity index (χ2v) is 7.84. The van der Waals surface area contributed by atoms with Gasteiger partial charge >= 0.3 is 0 Å². The Kier molecular flexibility index (Phi) is 7.36. The lowest BCUT2D eigenvalue weighted by molar-refractivity contribution is -0.118. The van der Waals surface area contributed by atoms with Gasteiger partial charge in [0, 0.05) is 10.7 Å². The van der Waals surface area contributed by atoms with Gasteiger partial charge in [0.1, 0.15) is 5.75 Å². The van der Waals surface area contributed by atoms with E-state index >= 15 is 0 Å². The second-order valence-electron chi connectivity index (χ2n) is 7.03. The monoisotopic (exact) mass is 450 g/mol. The molecule has 156 valence electrons. The third-order valence-electron chi connectivity index (χ3n) is 4.56. The standard InChI is InChI=1S/C25H20Cl2N2O2/c1-16-3-7-19(8-4-16)20(14-28)11-18-6-10-24(23(27)12-18)31-15-25(30)29-21-9-5-17(2)22(26)13-21/h3-13H,15H2,1-2H3,(H,29,30)/b20-11+. The van der Waals surface area contributed by atoms with Crippen molar-refractivity contribution in [2.24, 2.45) is 0 Å². The number of hydrogen-bond acceptors (Lipinski definition) is 3. The van der Waals surface area contributed by atoms with Gasteiger partial charge in [0.25, 0.3) is 5.91 Å². The summed E-state index contributed by atoms with van der Waals surface area (Å²) in [4.78, 5) is 12.2. The van der Waals surface area contributed by atoms with Crippen LogP contribution in [0.15, 0.2) is 60.7 Å². The molecule has 0 fully saturated rings. The number of nitriles is 1. The Hall–Kier alpha value is -3.26. The van der Waals surface area contributed by atoms with Crippen molar-refractivity contribution >= 4 is 46.4 Å². The summed E-state index contributed by atoms with van der Waals surface area (Å²) < 4.78 is 5.55. The number of benzene rings is 3. The van der Waals surface area contributed by atoms with Crippen LogP contribution in [0.4, 0.5) is 5.69 Å². The number of rotatable bonds is 6. The molecule has 3 aromatic carbocycles. The first-order chi connectivity index (χ1) is 14.9. The topological polar surface area (TPSA) is 62.1 Å². The lowest BCUT2D eigenvalue weighted by atomic mass is 10.0. The number of halogens is 2. The predicted molar refractivity (Wildman–Crippen MR) is 126 cm³/mol. The van der Waals surface area contributed by atoms with Gasteiger partial charge in [-0.2, -0.15) is 5.26 Å². The highest BCUT2D eigenvalue weighted by atomic mass is 35.5. The molecule has 6 heteroatoms. The van der Waals surface area contributed by atoms with Crippen molar-refractivity contribution in [3.63, 3.8) is 0 Å². The summed E-state index contributed by atoms with van der Waals surface area (Å²) in [5, 5.41) is 13.2. The average Bonchev–Trinajstić information content (AvgIpc) is 2.75. The summed E-state index contributed by atoms with van der Waals surface area (Å²) in [7, 11) is 0. The van der Waals surface area contributed by atoms with Gasteiger partial charge in [0.2, 0.25) is 0 Å². The van der Waals surface area contributed by atoms with Crippen molar-refractivity contribution in [2.45, 2.75) is 13.8 Å². The number of aryl methyl sites for hydroxylation is 2. The molecule has 1 amide bonds. The van der Waals surface area contributed by atoms with Crippen molar-refractivity contribution < 1.29 is 9.53 Å². The zero-order chi connectivity index (χ0) is 22.4. The second kappa shape index (κ2) is 10.2. The predicted octanol–water partition coefficient (Wildman–Crippen LogP) is 6.69. The summed E-state index contributed by atoms with van der Waals surface area (Å²) in [5.41, 5.74) is 4.77. The molecule has 0 aliphatic heterocycles. The van der Waals surface area contributed by atoms with Crippen LogP contribution in [0, 0.1) is 25.2 Å². The van der Waals surface area contributed by atoms with Gasteiger partial charge in [0.15, 0.2) is 6.61 Å². The van der Waals surface area contributed by atoms with Gasteiger partial charge in [-0.05, 0) is 60.9 Å². The smallest absolute Gasteiger partial charge is 0.262 e. The van der Waals surface area contributed by atoms with Crippen molar-refractivity contribution in [2.75, 3.05) is 11.9 Å². The van der Waals surface area contributed by atoms with Crippen LogP contribution in [0.2, 0.25) is 10.0 Å². The molecule has 0 unspecified atom stereocenters. The Bertz CT molecular complexity index is 1180. The highest BCUT2D eigenvalue weighted by molar-refractivity contribution is 6.32. The molecular weight excluding hydrogens is 431 g/mol. The Morgan fingerprint density at radius 2 is 1.77 bits per heavy atom. The van der Waals surface area contributed by atoms with E-state index < -0.39 is 0 Å². The summed E-state index contributed by atoms with van der Waals surface area (Å²) in [6.45, 7) is 3.68. The van der Waals surface area contributed by atoms with Crippen LogP contribution in [0.3, 0.4) is 0 Å². The summed E-state index contributed by atoms with van der Waals surface area (Å²) in [5.74, 6) is 0.0517. The lowest BCUT2D eigenvalue weighted by Gasteiger charge is -2.10. The van der Waals surface area contributed by atoms with Crippen molar-refractivity contribution in [3.05, 3.63) is 93.0 Å². The normalized spacial score (nSPS) is 11.0. The van der Waals surface area contributed by atoms with Crippen LogP contribution in [-0.2, 0) is 4.79 Å². The van der Waals surface area contributed by atoms with Gasteiger partial charge in [0.05, 0.1) is 16.7 Å². The zero-order valence-corrected chi connectivity index (χ0v) is 18.6. The minimum Gasteiger partial charge on any atom is -0.482 e. The van der Waals surface area contributed by atoms with Gasteiger partial charge in [-0.1, -0.05) is 65.2 Å². The molecular formula is C25H20Cl2N2O2. The summed E-state index contributed by atoms with van der Waals surface area (Å²) in [6, 6.07) is 20.4. The minimum atomic E-state index is -0.328. The zero-order valence-electron chi connectivity index (χ0n) is 17.1. The molecule has 4 nitrogen and oxygen atoms in total. The first-order valence-electron chi connectivity index (χ1n) is 9.53. The molecule has 0 bridgehead atoms. The van der Waals surface area contributed by atoms with Crippen molar-refractivity contribution in [3.8, 4) is 11.8 Å². The molecule has 0 heterocycles. The average molecular weight is 451 g/mol. The lowest BCUT2D eigenvalue weighted by Crippen LogP contribution is -2.20. The molecule has 0 aromatic heterocycles. The molecule has 0 saturated carbocycles. The quantitative estimate of drug-likeness (QED) is 0.335. The number of ether oxygens (including phenoxy) is 1. The van der Waals surface area contributed by atoms with Crippen LogP contribution >= 0.6 is 23.2 Å².